The van der Waals surface area contributed by atoms with Crippen LogP contribution < -0.4 is 16.2 Å². The summed E-state index contributed by atoms with van der Waals surface area (Å²) in [4.78, 5) is 0.0832. The zero-order valence-corrected chi connectivity index (χ0v) is 8.92. The van der Waals surface area contributed by atoms with Crippen LogP contribution in [0.2, 0.25) is 0 Å². The second-order valence-electron chi connectivity index (χ2n) is 3.71. The Morgan fingerprint density at radius 1 is 1.33 bits per heavy atom. The number of nitrogens with one attached hydrogen (secondary N) is 1. The van der Waals surface area contributed by atoms with Gasteiger partial charge in [0.1, 0.15) is 0 Å². The molecular formula is C9H13N3O2S. The van der Waals surface area contributed by atoms with Crippen molar-refractivity contribution in [2.24, 2.45) is 5.14 Å². The van der Waals surface area contributed by atoms with Crippen molar-refractivity contribution < 1.29 is 8.42 Å². The molecule has 5 nitrogen and oxygen atoms in total. The summed E-state index contributed by atoms with van der Waals surface area (Å²) in [5, 5.41) is 8.18. The number of anilines is 2. The Labute approximate surface area is 88.5 Å². The molecule has 1 fully saturated rings. The Balaban J connectivity index is 2.35. The molecule has 0 heterocycles. The van der Waals surface area contributed by atoms with Crippen LogP contribution in [0.3, 0.4) is 0 Å². The number of nitrogen functional groups attached to an aromatic ring is 1. The predicted molar refractivity (Wildman–Crippen MR) is 58.9 cm³/mol. The predicted octanol–water partition coefficient (Wildman–Crippen LogP) is 0.491. The van der Waals surface area contributed by atoms with Gasteiger partial charge in [-0.15, -0.1) is 0 Å². The summed E-state index contributed by atoms with van der Waals surface area (Å²) in [6, 6.07) is 4.85. The molecule has 1 aromatic rings. The summed E-state index contributed by atoms with van der Waals surface area (Å²) >= 11 is 0. The third-order valence-corrected chi connectivity index (χ3v) is 3.20. The molecule has 2 rings (SSSR count). The van der Waals surface area contributed by atoms with Crippen LogP contribution in [0.25, 0.3) is 0 Å². The molecule has 0 amide bonds. The van der Waals surface area contributed by atoms with Crippen molar-refractivity contribution >= 4 is 21.4 Å². The van der Waals surface area contributed by atoms with E-state index in [4.69, 9.17) is 10.9 Å². The van der Waals surface area contributed by atoms with Gasteiger partial charge >= 0.3 is 0 Å². The first kappa shape index (κ1) is 10.3. The fourth-order valence-corrected chi connectivity index (χ4v) is 1.82. The fourth-order valence-electron chi connectivity index (χ4n) is 1.28. The van der Waals surface area contributed by atoms with Crippen molar-refractivity contribution in [1.82, 2.24) is 0 Å². The minimum Gasteiger partial charge on any atom is -0.397 e. The topological polar surface area (TPSA) is 98.2 Å². The molecule has 0 unspecified atom stereocenters. The molecule has 6 heteroatoms. The summed E-state index contributed by atoms with van der Waals surface area (Å²) in [6.07, 6.45) is 2.19. The van der Waals surface area contributed by atoms with E-state index in [-0.39, 0.29) is 4.90 Å². The highest BCUT2D eigenvalue weighted by molar-refractivity contribution is 7.89. The van der Waals surface area contributed by atoms with Crippen molar-refractivity contribution in [3.05, 3.63) is 18.2 Å². The molecule has 0 spiro atoms. The molecule has 1 aliphatic rings. The minimum absolute atomic E-state index is 0.0832. The molecule has 1 saturated carbocycles. The Hall–Kier alpha value is -1.27. The van der Waals surface area contributed by atoms with Crippen molar-refractivity contribution in [2.45, 2.75) is 23.8 Å². The molecule has 82 valence electrons. The Kier molecular flexibility index (Phi) is 2.32. The van der Waals surface area contributed by atoms with E-state index < -0.39 is 10.0 Å². The summed E-state index contributed by atoms with van der Waals surface area (Å²) in [6.45, 7) is 0. The fraction of sp³-hybridized carbons (Fsp3) is 0.333. The highest BCUT2D eigenvalue weighted by Crippen LogP contribution is 2.29. The maximum atomic E-state index is 11.1. The van der Waals surface area contributed by atoms with Gasteiger partial charge in [0.25, 0.3) is 0 Å². The largest absolute Gasteiger partial charge is 0.397 e. The van der Waals surface area contributed by atoms with E-state index >= 15 is 0 Å². The van der Waals surface area contributed by atoms with Gasteiger partial charge in [-0.05, 0) is 31.0 Å². The maximum Gasteiger partial charge on any atom is 0.238 e. The third-order valence-electron chi connectivity index (χ3n) is 2.29. The van der Waals surface area contributed by atoms with Crippen LogP contribution in [-0.2, 0) is 10.0 Å². The van der Waals surface area contributed by atoms with Gasteiger partial charge in [-0.3, -0.25) is 0 Å². The molecule has 0 bridgehead atoms. The van der Waals surface area contributed by atoms with Crippen LogP contribution >= 0.6 is 0 Å². The lowest BCUT2D eigenvalue weighted by Gasteiger charge is -2.09. The van der Waals surface area contributed by atoms with Crippen LogP contribution in [0.1, 0.15) is 12.8 Å². The monoisotopic (exact) mass is 227 g/mol. The molecule has 1 aromatic carbocycles. The molecule has 5 N–H and O–H groups in total. The zero-order valence-electron chi connectivity index (χ0n) is 8.10. The van der Waals surface area contributed by atoms with E-state index in [1.54, 1.807) is 6.07 Å². The summed E-state index contributed by atoms with van der Waals surface area (Å²) in [5.74, 6) is 0. The Morgan fingerprint density at radius 3 is 2.53 bits per heavy atom. The van der Waals surface area contributed by atoms with E-state index in [1.165, 1.54) is 12.1 Å². The van der Waals surface area contributed by atoms with E-state index in [2.05, 4.69) is 5.32 Å². The van der Waals surface area contributed by atoms with Crippen molar-refractivity contribution in [3.8, 4) is 0 Å². The number of hydrogen-bond donors (Lipinski definition) is 3. The average Bonchev–Trinajstić information content (AvgIpc) is 2.90. The lowest BCUT2D eigenvalue weighted by Crippen LogP contribution is -2.13. The zero-order chi connectivity index (χ0) is 11.1. The number of sulfonamides is 1. The van der Waals surface area contributed by atoms with Gasteiger partial charge in [0.2, 0.25) is 10.0 Å². The molecular weight excluding hydrogens is 214 g/mol. The average molecular weight is 227 g/mol. The summed E-state index contributed by atoms with van der Waals surface area (Å²) < 4.78 is 22.2. The molecule has 1 aliphatic carbocycles. The smallest absolute Gasteiger partial charge is 0.238 e. The Morgan fingerprint density at radius 2 is 2.00 bits per heavy atom. The first-order valence-electron chi connectivity index (χ1n) is 4.66. The van der Waals surface area contributed by atoms with Gasteiger partial charge in [0.05, 0.1) is 16.3 Å². The minimum atomic E-state index is -3.65. The number of rotatable bonds is 3. The number of primary sulfonamides is 1. The highest BCUT2D eigenvalue weighted by Gasteiger charge is 2.22. The van der Waals surface area contributed by atoms with Gasteiger partial charge in [-0.1, -0.05) is 0 Å². The van der Waals surface area contributed by atoms with Gasteiger partial charge in [-0.2, -0.15) is 0 Å². The lowest BCUT2D eigenvalue weighted by atomic mass is 10.2. The van der Waals surface area contributed by atoms with E-state index in [1.807, 2.05) is 0 Å². The molecule has 0 saturated heterocycles. The Bertz CT molecular complexity index is 480. The van der Waals surface area contributed by atoms with Crippen LogP contribution in [-0.4, -0.2) is 14.5 Å². The highest BCUT2D eigenvalue weighted by atomic mass is 32.2. The summed E-state index contributed by atoms with van der Waals surface area (Å²) in [7, 11) is -3.65. The molecule has 0 aromatic heterocycles. The van der Waals surface area contributed by atoms with Gasteiger partial charge in [-0.25, -0.2) is 13.6 Å². The van der Waals surface area contributed by atoms with E-state index in [9.17, 15) is 8.42 Å². The molecule has 0 radical (unpaired) electrons. The number of hydrogen-bond acceptors (Lipinski definition) is 4. The number of nitrogens with two attached hydrogens (primary N) is 2. The van der Waals surface area contributed by atoms with Gasteiger partial charge in [0, 0.05) is 6.04 Å². The summed E-state index contributed by atoms with van der Waals surface area (Å²) in [5.41, 5.74) is 6.89. The van der Waals surface area contributed by atoms with Crippen molar-refractivity contribution in [3.63, 3.8) is 0 Å². The molecule has 15 heavy (non-hydrogen) atoms. The number of benzene rings is 1. The van der Waals surface area contributed by atoms with Crippen molar-refractivity contribution in [1.29, 1.82) is 0 Å². The molecule has 0 aliphatic heterocycles. The first-order valence-corrected chi connectivity index (χ1v) is 6.20. The normalized spacial score (nSPS) is 16.3. The van der Waals surface area contributed by atoms with Crippen molar-refractivity contribution in [2.75, 3.05) is 11.1 Å². The van der Waals surface area contributed by atoms with Crippen LogP contribution in [0.15, 0.2) is 23.1 Å². The van der Waals surface area contributed by atoms with Crippen LogP contribution in [0.5, 0.6) is 0 Å². The first-order chi connectivity index (χ1) is 6.97. The van der Waals surface area contributed by atoms with E-state index in [0.717, 1.165) is 12.8 Å². The standard InChI is InChI=1S/C9H13N3O2S/c10-8-4-3-7(15(11,13)14)5-9(8)12-6-1-2-6/h3-6,12H,1-2,10H2,(H2,11,13,14). The van der Waals surface area contributed by atoms with E-state index in [0.29, 0.717) is 17.4 Å². The SMILES string of the molecule is Nc1ccc(S(N)(=O)=O)cc1NC1CC1. The van der Waals surface area contributed by atoms with Crippen LogP contribution in [0.4, 0.5) is 11.4 Å². The second-order valence-corrected chi connectivity index (χ2v) is 5.27. The third kappa shape index (κ3) is 2.40. The maximum absolute atomic E-state index is 11.1. The quantitative estimate of drug-likeness (QED) is 0.654. The second kappa shape index (κ2) is 3.39. The van der Waals surface area contributed by atoms with Crippen LogP contribution in [0, 0.1) is 0 Å². The lowest BCUT2D eigenvalue weighted by molar-refractivity contribution is 0.598. The molecule has 0 atom stereocenters. The van der Waals surface area contributed by atoms with Gasteiger partial charge in [0.15, 0.2) is 0 Å². The van der Waals surface area contributed by atoms with Gasteiger partial charge < -0.3 is 11.1 Å².